The van der Waals surface area contributed by atoms with Crippen molar-refractivity contribution >= 4 is 21.6 Å². The van der Waals surface area contributed by atoms with Gasteiger partial charge in [0.1, 0.15) is 24.7 Å². The van der Waals surface area contributed by atoms with Gasteiger partial charge in [-0.05, 0) is 26.0 Å². The van der Waals surface area contributed by atoms with Crippen molar-refractivity contribution in [2.75, 3.05) is 32.6 Å². The Labute approximate surface area is 157 Å². The number of nitrogens with zero attached hydrogens (tertiary/aromatic N) is 3. The average Bonchev–Trinajstić information content (AvgIpc) is 2.88. The van der Waals surface area contributed by atoms with Gasteiger partial charge in [-0.3, -0.25) is 9.48 Å². The van der Waals surface area contributed by atoms with E-state index in [1.165, 1.54) is 18.8 Å². The van der Waals surface area contributed by atoms with Gasteiger partial charge in [0.25, 0.3) is 0 Å². The first kappa shape index (κ1) is 19.2. The normalized spacial score (nSPS) is 13.7. The molecule has 0 unspecified atom stereocenters. The number of amides is 1. The van der Waals surface area contributed by atoms with Crippen molar-refractivity contribution in [1.29, 1.82) is 0 Å². The molecule has 0 saturated heterocycles. The molecule has 1 N–H and O–H groups in total. The standard InChI is InChI=1S/C17H22N4O5S/c1-11-17(27(23,24)20(3)4)12(2)21(19-11)10-16(22)18-13-5-6-14-15(9-13)26-8-7-25-14/h5-6,9H,7-8,10H2,1-4H3,(H,18,22). The van der Waals surface area contributed by atoms with Crippen LogP contribution in [-0.2, 0) is 21.4 Å². The zero-order valence-electron chi connectivity index (χ0n) is 15.6. The minimum absolute atomic E-state index is 0.107. The van der Waals surface area contributed by atoms with E-state index in [4.69, 9.17) is 9.47 Å². The van der Waals surface area contributed by atoms with Crippen LogP contribution in [0.15, 0.2) is 23.1 Å². The number of benzene rings is 1. The van der Waals surface area contributed by atoms with Gasteiger partial charge in [-0.2, -0.15) is 5.10 Å². The predicted molar refractivity (Wildman–Crippen MR) is 98.6 cm³/mol. The fourth-order valence-corrected chi connectivity index (χ4v) is 4.11. The highest BCUT2D eigenvalue weighted by molar-refractivity contribution is 7.89. The monoisotopic (exact) mass is 394 g/mol. The summed E-state index contributed by atoms with van der Waals surface area (Å²) in [6.45, 7) is 4.09. The molecule has 2 heterocycles. The van der Waals surface area contributed by atoms with E-state index in [-0.39, 0.29) is 17.3 Å². The molecule has 1 aliphatic rings. The van der Waals surface area contributed by atoms with Gasteiger partial charge in [-0.15, -0.1) is 0 Å². The van der Waals surface area contributed by atoms with Gasteiger partial charge >= 0.3 is 0 Å². The number of hydrogen-bond acceptors (Lipinski definition) is 6. The molecule has 10 heteroatoms. The molecule has 9 nitrogen and oxygen atoms in total. The van der Waals surface area contributed by atoms with Crippen LogP contribution in [0, 0.1) is 13.8 Å². The number of sulfonamides is 1. The lowest BCUT2D eigenvalue weighted by atomic mass is 10.2. The summed E-state index contributed by atoms with van der Waals surface area (Å²) in [6, 6.07) is 5.14. The lowest BCUT2D eigenvalue weighted by molar-refractivity contribution is -0.116. The number of aromatic nitrogens is 2. The minimum atomic E-state index is -3.63. The van der Waals surface area contributed by atoms with Crippen LogP contribution in [0.2, 0.25) is 0 Å². The zero-order valence-corrected chi connectivity index (χ0v) is 16.5. The van der Waals surface area contributed by atoms with E-state index >= 15 is 0 Å². The molecule has 1 aromatic carbocycles. The molecule has 27 heavy (non-hydrogen) atoms. The largest absolute Gasteiger partial charge is 0.486 e. The second kappa shape index (κ2) is 7.20. The Morgan fingerprint density at radius 2 is 1.89 bits per heavy atom. The molecule has 0 fully saturated rings. The van der Waals surface area contributed by atoms with E-state index in [1.807, 2.05) is 0 Å². The Bertz CT molecular complexity index is 981. The third-order valence-electron chi connectivity index (χ3n) is 4.17. The number of carbonyl (C=O) groups is 1. The molecule has 1 amide bonds. The minimum Gasteiger partial charge on any atom is -0.486 e. The lowest BCUT2D eigenvalue weighted by Crippen LogP contribution is -2.24. The topological polar surface area (TPSA) is 103 Å². The quantitative estimate of drug-likeness (QED) is 0.816. The highest BCUT2D eigenvalue weighted by Crippen LogP contribution is 2.32. The van der Waals surface area contributed by atoms with Gasteiger partial charge in [0.05, 0.1) is 11.4 Å². The van der Waals surface area contributed by atoms with E-state index in [1.54, 1.807) is 32.0 Å². The summed E-state index contributed by atoms with van der Waals surface area (Å²) in [5.41, 5.74) is 1.33. The Morgan fingerprint density at radius 1 is 1.22 bits per heavy atom. The molecule has 0 atom stereocenters. The van der Waals surface area contributed by atoms with E-state index in [9.17, 15) is 13.2 Å². The summed E-state index contributed by atoms with van der Waals surface area (Å²) in [4.78, 5) is 12.5. The van der Waals surface area contributed by atoms with Gasteiger partial charge in [-0.1, -0.05) is 0 Å². The second-order valence-corrected chi connectivity index (χ2v) is 8.44. The molecule has 0 radical (unpaired) electrons. The molecular formula is C17H22N4O5S. The van der Waals surface area contributed by atoms with Crippen molar-refractivity contribution in [3.8, 4) is 11.5 Å². The maximum absolute atomic E-state index is 12.4. The van der Waals surface area contributed by atoms with Crippen molar-refractivity contribution in [3.05, 3.63) is 29.6 Å². The van der Waals surface area contributed by atoms with Gasteiger partial charge in [0.2, 0.25) is 15.9 Å². The van der Waals surface area contributed by atoms with Crippen LogP contribution in [0.1, 0.15) is 11.4 Å². The number of aryl methyl sites for hydroxylation is 1. The first-order valence-corrected chi connectivity index (χ1v) is 9.80. The number of rotatable bonds is 5. The lowest BCUT2D eigenvalue weighted by Gasteiger charge is -2.19. The Kier molecular flexibility index (Phi) is 5.11. The fourth-order valence-electron chi connectivity index (χ4n) is 2.85. The van der Waals surface area contributed by atoms with Crippen LogP contribution in [0.4, 0.5) is 5.69 Å². The summed E-state index contributed by atoms with van der Waals surface area (Å²) in [6.07, 6.45) is 0. The highest BCUT2D eigenvalue weighted by atomic mass is 32.2. The van der Waals surface area contributed by atoms with E-state index in [0.717, 1.165) is 4.31 Å². The van der Waals surface area contributed by atoms with E-state index in [0.29, 0.717) is 41.8 Å². The van der Waals surface area contributed by atoms with Crippen molar-refractivity contribution in [3.63, 3.8) is 0 Å². The van der Waals surface area contributed by atoms with Crippen LogP contribution in [0.25, 0.3) is 0 Å². The highest BCUT2D eigenvalue weighted by Gasteiger charge is 2.27. The number of fused-ring (bicyclic) bond motifs is 1. The van der Waals surface area contributed by atoms with Crippen molar-refractivity contribution < 1.29 is 22.7 Å². The first-order chi connectivity index (χ1) is 12.7. The number of carbonyl (C=O) groups excluding carboxylic acids is 1. The van der Waals surface area contributed by atoms with Crippen LogP contribution in [0.3, 0.4) is 0 Å². The summed E-state index contributed by atoms with van der Waals surface area (Å²) >= 11 is 0. The maximum atomic E-state index is 12.4. The summed E-state index contributed by atoms with van der Waals surface area (Å²) in [7, 11) is -0.718. The van der Waals surface area contributed by atoms with Crippen LogP contribution >= 0.6 is 0 Å². The van der Waals surface area contributed by atoms with Crippen LogP contribution in [-0.4, -0.2) is 55.7 Å². The van der Waals surface area contributed by atoms with Gasteiger partial charge in [0, 0.05) is 25.8 Å². The van der Waals surface area contributed by atoms with Crippen molar-refractivity contribution in [2.24, 2.45) is 0 Å². The summed E-state index contributed by atoms with van der Waals surface area (Å²) in [5, 5.41) is 6.98. The summed E-state index contributed by atoms with van der Waals surface area (Å²) < 4.78 is 38.4. The molecule has 0 saturated carbocycles. The molecule has 146 valence electrons. The van der Waals surface area contributed by atoms with E-state index < -0.39 is 10.0 Å². The number of ether oxygens (including phenoxy) is 2. The molecule has 0 spiro atoms. The Balaban J connectivity index is 1.77. The zero-order chi connectivity index (χ0) is 19.8. The summed E-state index contributed by atoms with van der Waals surface area (Å²) in [5.74, 6) is 0.881. The molecule has 0 aliphatic carbocycles. The number of anilines is 1. The van der Waals surface area contributed by atoms with Crippen LogP contribution in [0.5, 0.6) is 11.5 Å². The predicted octanol–water partition coefficient (Wildman–Crippen LogP) is 1.16. The Morgan fingerprint density at radius 3 is 2.56 bits per heavy atom. The number of hydrogen-bond donors (Lipinski definition) is 1. The van der Waals surface area contributed by atoms with Gasteiger partial charge in [-0.25, -0.2) is 12.7 Å². The average molecular weight is 394 g/mol. The molecule has 1 aromatic heterocycles. The molecule has 2 aromatic rings. The third-order valence-corrected chi connectivity index (χ3v) is 6.24. The van der Waals surface area contributed by atoms with Gasteiger partial charge < -0.3 is 14.8 Å². The maximum Gasteiger partial charge on any atom is 0.246 e. The molecule has 0 bridgehead atoms. The first-order valence-electron chi connectivity index (χ1n) is 8.36. The van der Waals surface area contributed by atoms with Crippen LogP contribution < -0.4 is 14.8 Å². The van der Waals surface area contributed by atoms with E-state index in [2.05, 4.69) is 10.4 Å². The molecule has 1 aliphatic heterocycles. The SMILES string of the molecule is Cc1nn(CC(=O)Nc2ccc3c(c2)OCCO3)c(C)c1S(=O)(=O)N(C)C. The smallest absolute Gasteiger partial charge is 0.246 e. The third kappa shape index (κ3) is 3.76. The second-order valence-electron chi connectivity index (χ2n) is 6.35. The van der Waals surface area contributed by atoms with Crippen molar-refractivity contribution in [1.82, 2.24) is 14.1 Å². The van der Waals surface area contributed by atoms with Gasteiger partial charge in [0.15, 0.2) is 11.5 Å². The fraction of sp³-hybridized carbons (Fsp3) is 0.412. The Hall–Kier alpha value is -2.59. The van der Waals surface area contributed by atoms with Crippen molar-refractivity contribution in [2.45, 2.75) is 25.3 Å². The molecular weight excluding hydrogens is 372 g/mol. The number of nitrogens with one attached hydrogen (secondary N) is 1. The molecule has 3 rings (SSSR count).